The summed E-state index contributed by atoms with van der Waals surface area (Å²) in [5.74, 6) is 0. The van der Waals surface area contributed by atoms with Crippen LogP contribution in [0.15, 0.2) is 36.5 Å². The topological polar surface area (TPSA) is 34.1 Å². The third kappa shape index (κ3) is 1.98. The van der Waals surface area contributed by atoms with Gasteiger partial charge in [-0.25, -0.2) is 0 Å². The Bertz CT molecular complexity index is 515. The highest BCUT2D eigenvalue weighted by Crippen LogP contribution is 2.29. The molecule has 17 heavy (non-hydrogen) atoms. The zero-order chi connectivity index (χ0) is 11.7. The molecule has 0 atom stereocenters. The summed E-state index contributed by atoms with van der Waals surface area (Å²) in [6, 6.07) is 10.8. The van der Waals surface area contributed by atoms with Gasteiger partial charge in [0.1, 0.15) is 0 Å². The first-order chi connectivity index (χ1) is 8.36. The minimum absolute atomic E-state index is 0.431. The van der Waals surface area contributed by atoms with Crippen molar-refractivity contribution in [1.29, 1.82) is 0 Å². The van der Waals surface area contributed by atoms with Crippen LogP contribution in [-0.2, 0) is 4.74 Å². The summed E-state index contributed by atoms with van der Waals surface area (Å²) >= 11 is 0. The molecular weight excluding hydrogens is 212 g/mol. The molecule has 0 saturated heterocycles. The lowest BCUT2D eigenvalue weighted by atomic mass is 9.89. The lowest BCUT2D eigenvalue weighted by Crippen LogP contribution is -2.40. The molecule has 0 unspecified atom stereocenters. The zero-order valence-electron chi connectivity index (χ0n) is 9.89. The van der Waals surface area contributed by atoms with Crippen molar-refractivity contribution in [3.05, 3.63) is 36.5 Å². The van der Waals surface area contributed by atoms with Crippen molar-refractivity contribution in [2.24, 2.45) is 0 Å². The summed E-state index contributed by atoms with van der Waals surface area (Å²) in [4.78, 5) is 4.36. The number of nitrogens with zero attached hydrogens (tertiary/aromatic N) is 1. The Morgan fingerprint density at radius 2 is 2.06 bits per heavy atom. The number of anilines is 1. The highest BCUT2D eigenvalue weighted by atomic mass is 16.5. The maximum absolute atomic E-state index is 5.29. The van der Waals surface area contributed by atoms with Crippen LogP contribution in [0.2, 0.25) is 0 Å². The highest BCUT2D eigenvalue weighted by molar-refractivity contribution is 5.90. The lowest BCUT2D eigenvalue weighted by Gasteiger charge is -2.35. The maximum Gasteiger partial charge on any atom is 0.0722 e. The number of nitrogens with one attached hydrogen (secondary N) is 1. The predicted molar refractivity (Wildman–Crippen MR) is 69.2 cm³/mol. The van der Waals surface area contributed by atoms with Crippen LogP contribution >= 0.6 is 0 Å². The first-order valence-corrected chi connectivity index (χ1v) is 6.00. The quantitative estimate of drug-likeness (QED) is 0.877. The fraction of sp³-hybridized carbons (Fsp3) is 0.357. The van der Waals surface area contributed by atoms with E-state index in [0.29, 0.717) is 12.1 Å². The van der Waals surface area contributed by atoms with E-state index in [1.807, 2.05) is 30.5 Å². The van der Waals surface area contributed by atoms with Crippen molar-refractivity contribution in [3.8, 4) is 0 Å². The predicted octanol–water partition coefficient (Wildman–Crippen LogP) is 2.82. The van der Waals surface area contributed by atoms with Gasteiger partial charge >= 0.3 is 0 Å². The first kappa shape index (κ1) is 10.5. The van der Waals surface area contributed by atoms with Crippen LogP contribution in [0.5, 0.6) is 0 Å². The molecule has 0 bridgehead atoms. The van der Waals surface area contributed by atoms with E-state index in [0.717, 1.165) is 18.4 Å². The van der Waals surface area contributed by atoms with Gasteiger partial charge in [-0.1, -0.05) is 18.2 Å². The zero-order valence-corrected chi connectivity index (χ0v) is 9.89. The van der Waals surface area contributed by atoms with Crippen molar-refractivity contribution in [2.75, 3.05) is 12.4 Å². The van der Waals surface area contributed by atoms with Gasteiger partial charge in [0.05, 0.1) is 11.6 Å². The number of aromatic nitrogens is 1. The van der Waals surface area contributed by atoms with E-state index in [2.05, 4.69) is 16.4 Å². The Hall–Kier alpha value is -1.61. The van der Waals surface area contributed by atoms with Gasteiger partial charge in [-0.05, 0) is 25.0 Å². The van der Waals surface area contributed by atoms with Crippen LogP contribution in [0.4, 0.5) is 5.69 Å². The van der Waals surface area contributed by atoms with Gasteiger partial charge in [0.25, 0.3) is 0 Å². The molecule has 1 aliphatic rings. The average molecular weight is 228 g/mol. The van der Waals surface area contributed by atoms with Gasteiger partial charge in [-0.3, -0.25) is 4.98 Å². The van der Waals surface area contributed by atoms with Crippen LogP contribution in [0.25, 0.3) is 10.9 Å². The van der Waals surface area contributed by atoms with Gasteiger partial charge < -0.3 is 10.1 Å². The third-order valence-corrected chi connectivity index (χ3v) is 3.44. The van der Waals surface area contributed by atoms with E-state index in [1.54, 1.807) is 7.11 Å². The molecule has 0 spiro atoms. The van der Waals surface area contributed by atoms with Gasteiger partial charge in [0.15, 0.2) is 0 Å². The van der Waals surface area contributed by atoms with E-state index in [4.69, 9.17) is 4.74 Å². The van der Waals surface area contributed by atoms with Crippen LogP contribution in [0.3, 0.4) is 0 Å². The number of rotatable bonds is 3. The Labute approximate surface area is 101 Å². The second kappa shape index (κ2) is 4.34. The fourth-order valence-corrected chi connectivity index (χ4v) is 2.32. The summed E-state index contributed by atoms with van der Waals surface area (Å²) < 4.78 is 5.29. The minimum Gasteiger partial charge on any atom is -0.382 e. The van der Waals surface area contributed by atoms with Crippen molar-refractivity contribution < 1.29 is 4.74 Å². The van der Waals surface area contributed by atoms with Crippen molar-refractivity contribution in [3.63, 3.8) is 0 Å². The van der Waals surface area contributed by atoms with E-state index in [-0.39, 0.29) is 0 Å². The van der Waals surface area contributed by atoms with Gasteiger partial charge in [-0.15, -0.1) is 0 Å². The summed E-state index contributed by atoms with van der Waals surface area (Å²) in [6.45, 7) is 0. The molecule has 0 aliphatic heterocycles. The molecular formula is C14H16N2O. The second-order valence-corrected chi connectivity index (χ2v) is 4.55. The number of ether oxygens (including phenoxy) is 1. The SMILES string of the molecule is COC1CC(Nc2ccnc3ccccc23)C1. The molecule has 2 aromatic rings. The molecule has 1 aromatic heterocycles. The van der Waals surface area contributed by atoms with Crippen LogP contribution < -0.4 is 5.32 Å². The van der Waals surface area contributed by atoms with Crippen molar-refractivity contribution in [2.45, 2.75) is 25.0 Å². The first-order valence-electron chi connectivity index (χ1n) is 6.00. The maximum atomic E-state index is 5.29. The Morgan fingerprint density at radius 3 is 2.88 bits per heavy atom. The average Bonchev–Trinajstić information content (AvgIpc) is 2.33. The van der Waals surface area contributed by atoms with Crippen molar-refractivity contribution >= 4 is 16.6 Å². The molecule has 3 heteroatoms. The fourth-order valence-electron chi connectivity index (χ4n) is 2.32. The lowest BCUT2D eigenvalue weighted by molar-refractivity contribution is 0.0329. The van der Waals surface area contributed by atoms with E-state index < -0.39 is 0 Å². The van der Waals surface area contributed by atoms with Crippen LogP contribution in [-0.4, -0.2) is 24.2 Å². The van der Waals surface area contributed by atoms with E-state index >= 15 is 0 Å². The molecule has 3 nitrogen and oxygen atoms in total. The molecule has 1 heterocycles. The highest BCUT2D eigenvalue weighted by Gasteiger charge is 2.28. The normalized spacial score (nSPS) is 23.4. The Balaban J connectivity index is 1.81. The number of hydrogen-bond acceptors (Lipinski definition) is 3. The summed E-state index contributed by atoms with van der Waals surface area (Å²) in [7, 11) is 1.78. The van der Waals surface area contributed by atoms with Gasteiger partial charge in [-0.2, -0.15) is 0 Å². The number of fused-ring (bicyclic) bond motifs is 1. The molecule has 1 N–H and O–H groups in total. The smallest absolute Gasteiger partial charge is 0.0722 e. The van der Waals surface area contributed by atoms with Gasteiger partial charge in [0, 0.05) is 30.4 Å². The summed E-state index contributed by atoms with van der Waals surface area (Å²) in [5.41, 5.74) is 2.22. The minimum atomic E-state index is 0.431. The largest absolute Gasteiger partial charge is 0.382 e. The van der Waals surface area contributed by atoms with Crippen molar-refractivity contribution in [1.82, 2.24) is 4.98 Å². The van der Waals surface area contributed by atoms with Crippen LogP contribution in [0, 0.1) is 0 Å². The van der Waals surface area contributed by atoms with Crippen LogP contribution in [0.1, 0.15) is 12.8 Å². The molecule has 1 saturated carbocycles. The molecule has 0 amide bonds. The number of pyridine rings is 1. The molecule has 3 rings (SSSR count). The Kier molecular flexibility index (Phi) is 2.69. The molecule has 1 aromatic carbocycles. The molecule has 1 aliphatic carbocycles. The number of para-hydroxylation sites is 1. The summed E-state index contributed by atoms with van der Waals surface area (Å²) in [6.07, 6.45) is 4.47. The third-order valence-electron chi connectivity index (χ3n) is 3.44. The molecule has 0 radical (unpaired) electrons. The Morgan fingerprint density at radius 1 is 1.24 bits per heavy atom. The molecule has 88 valence electrons. The van der Waals surface area contributed by atoms with E-state index in [1.165, 1.54) is 11.1 Å². The number of hydrogen-bond donors (Lipinski definition) is 1. The monoisotopic (exact) mass is 228 g/mol. The number of benzene rings is 1. The number of methoxy groups -OCH3 is 1. The van der Waals surface area contributed by atoms with Gasteiger partial charge in [0.2, 0.25) is 0 Å². The molecule has 1 fully saturated rings. The summed E-state index contributed by atoms with van der Waals surface area (Å²) in [5, 5.41) is 4.76. The van der Waals surface area contributed by atoms with E-state index in [9.17, 15) is 0 Å². The second-order valence-electron chi connectivity index (χ2n) is 4.55. The standard InChI is InChI=1S/C14H16N2O/c1-17-11-8-10(9-11)16-14-6-7-15-13-5-3-2-4-12(13)14/h2-7,10-11H,8-9H2,1H3,(H,15,16).